The predicted octanol–water partition coefficient (Wildman–Crippen LogP) is 0.398. The third-order valence-corrected chi connectivity index (χ3v) is 2.92. The van der Waals surface area contributed by atoms with Crippen molar-refractivity contribution < 1.29 is 19.6 Å². The number of nitro groups is 1. The van der Waals surface area contributed by atoms with Crippen molar-refractivity contribution in [3.8, 4) is 0 Å². The fraction of sp³-hybridized carbons (Fsp3) is 0.462. The maximum absolute atomic E-state index is 11.6. The van der Waals surface area contributed by atoms with Crippen LogP contribution in [0.4, 0.5) is 11.4 Å². The second kappa shape index (κ2) is 7.55. The van der Waals surface area contributed by atoms with Gasteiger partial charge in [0.05, 0.1) is 17.6 Å². The van der Waals surface area contributed by atoms with Crippen LogP contribution in [-0.4, -0.2) is 56.4 Å². The number of hydrogen-bond acceptors (Lipinski definition) is 6. The van der Waals surface area contributed by atoms with E-state index in [1.54, 1.807) is 7.05 Å². The summed E-state index contributed by atoms with van der Waals surface area (Å²) in [5.41, 5.74) is 0.442. The number of methoxy groups -OCH3 is 1. The van der Waals surface area contributed by atoms with Gasteiger partial charge in [-0.15, -0.1) is 0 Å². The quantitative estimate of drug-likeness (QED) is 0.557. The summed E-state index contributed by atoms with van der Waals surface area (Å²) in [5.74, 6) is -0.336. The predicted molar refractivity (Wildman–Crippen MR) is 77.6 cm³/mol. The van der Waals surface area contributed by atoms with Crippen LogP contribution in [0.1, 0.15) is 10.4 Å². The number of carbonyl (C=O) groups excluding carboxylic acids is 1. The van der Waals surface area contributed by atoms with E-state index >= 15 is 0 Å². The Bertz CT molecular complexity index is 521. The van der Waals surface area contributed by atoms with E-state index in [1.165, 1.54) is 37.3 Å². The minimum absolute atomic E-state index is 0.118. The number of benzene rings is 1. The molecule has 8 nitrogen and oxygen atoms in total. The lowest BCUT2D eigenvalue weighted by Crippen LogP contribution is -2.32. The molecular formula is C13H19N3O5. The molecule has 0 aliphatic heterocycles. The highest BCUT2D eigenvalue weighted by molar-refractivity contribution is 5.95. The number of carbonyl (C=O) groups is 1. The fourth-order valence-corrected chi connectivity index (χ4v) is 1.93. The van der Waals surface area contributed by atoms with Crippen molar-refractivity contribution in [2.75, 3.05) is 39.3 Å². The second-order valence-electron chi connectivity index (χ2n) is 4.53. The van der Waals surface area contributed by atoms with Crippen molar-refractivity contribution in [1.82, 2.24) is 5.32 Å². The summed E-state index contributed by atoms with van der Waals surface area (Å²) in [6, 6.07) is 4.09. The molecule has 1 amide bonds. The summed E-state index contributed by atoms with van der Waals surface area (Å²) in [4.78, 5) is 23.7. The number of aliphatic hydroxyl groups is 1. The topological polar surface area (TPSA) is 105 Å². The molecule has 0 saturated carbocycles. The van der Waals surface area contributed by atoms with Crippen LogP contribution in [0.25, 0.3) is 0 Å². The zero-order valence-electron chi connectivity index (χ0n) is 12.2. The Hall–Kier alpha value is -2.19. The molecule has 0 aromatic heterocycles. The highest BCUT2D eigenvalue weighted by Crippen LogP contribution is 2.28. The number of nitro benzene ring substituents is 1. The number of likely N-dealkylation sites (N-methyl/N-ethyl adjacent to an activating group) is 1. The van der Waals surface area contributed by atoms with Gasteiger partial charge < -0.3 is 20.1 Å². The molecule has 1 aromatic carbocycles. The Morgan fingerprint density at radius 1 is 1.57 bits per heavy atom. The van der Waals surface area contributed by atoms with Gasteiger partial charge in [-0.05, 0) is 12.1 Å². The van der Waals surface area contributed by atoms with E-state index in [1.807, 2.05) is 0 Å². The summed E-state index contributed by atoms with van der Waals surface area (Å²) in [5, 5.41) is 23.3. The highest BCUT2D eigenvalue weighted by Gasteiger charge is 2.21. The van der Waals surface area contributed by atoms with Gasteiger partial charge in [-0.3, -0.25) is 14.9 Å². The molecule has 1 atom stereocenters. The third kappa shape index (κ3) is 4.40. The van der Waals surface area contributed by atoms with E-state index in [9.17, 15) is 20.0 Å². The molecule has 0 fully saturated rings. The number of amides is 1. The first-order valence-corrected chi connectivity index (χ1v) is 6.29. The number of ether oxygens (including phenoxy) is 1. The molecule has 8 heteroatoms. The minimum atomic E-state index is -0.789. The van der Waals surface area contributed by atoms with Gasteiger partial charge in [0, 0.05) is 39.4 Å². The number of nitrogens with one attached hydrogen (secondary N) is 1. The molecule has 0 spiro atoms. The van der Waals surface area contributed by atoms with Gasteiger partial charge in [0.1, 0.15) is 5.69 Å². The van der Waals surface area contributed by atoms with Gasteiger partial charge in [0.25, 0.3) is 11.6 Å². The molecule has 116 valence electrons. The van der Waals surface area contributed by atoms with Gasteiger partial charge in [0.2, 0.25) is 0 Å². The molecule has 0 bridgehead atoms. The number of hydrogen-bond donors (Lipinski definition) is 2. The summed E-state index contributed by atoms with van der Waals surface area (Å²) in [6.45, 7) is 0.263. The Balaban J connectivity index is 3.10. The van der Waals surface area contributed by atoms with Gasteiger partial charge in [0.15, 0.2) is 0 Å². The molecule has 1 rings (SSSR count). The van der Waals surface area contributed by atoms with E-state index < -0.39 is 11.0 Å². The molecule has 0 aliphatic rings. The molecule has 0 saturated heterocycles. The SMILES string of the molecule is CNC(=O)c1ccc([N+](=O)[O-])c(N(C)CC(O)COC)c1. The van der Waals surface area contributed by atoms with E-state index in [2.05, 4.69) is 5.32 Å². The summed E-state index contributed by atoms with van der Waals surface area (Å²) in [7, 11) is 4.54. The second-order valence-corrected chi connectivity index (χ2v) is 4.53. The smallest absolute Gasteiger partial charge is 0.292 e. The number of anilines is 1. The average Bonchev–Trinajstić information content (AvgIpc) is 2.45. The van der Waals surface area contributed by atoms with Crippen molar-refractivity contribution in [2.45, 2.75) is 6.10 Å². The highest BCUT2D eigenvalue weighted by atomic mass is 16.6. The van der Waals surface area contributed by atoms with Crippen LogP contribution in [0.3, 0.4) is 0 Å². The van der Waals surface area contributed by atoms with Crippen LogP contribution in [0.5, 0.6) is 0 Å². The number of nitrogens with zero attached hydrogens (tertiary/aromatic N) is 2. The van der Waals surface area contributed by atoms with E-state index in [4.69, 9.17) is 4.74 Å². The average molecular weight is 297 g/mol. The first-order chi connectivity index (χ1) is 9.90. The van der Waals surface area contributed by atoms with Crippen molar-refractivity contribution in [3.63, 3.8) is 0 Å². The lowest BCUT2D eigenvalue weighted by atomic mass is 10.1. The Labute approximate surface area is 122 Å². The van der Waals surface area contributed by atoms with Crippen molar-refractivity contribution >= 4 is 17.3 Å². The standard InChI is InChI=1S/C13H19N3O5/c1-14-13(18)9-4-5-11(16(19)20)12(6-9)15(2)7-10(17)8-21-3/h4-6,10,17H,7-8H2,1-3H3,(H,14,18). The van der Waals surface area contributed by atoms with Crippen LogP contribution in [0, 0.1) is 10.1 Å². The Kier molecular flexibility index (Phi) is 6.07. The molecule has 0 heterocycles. The summed E-state index contributed by atoms with van der Waals surface area (Å²) in [6.07, 6.45) is -0.789. The molecule has 21 heavy (non-hydrogen) atoms. The lowest BCUT2D eigenvalue weighted by molar-refractivity contribution is -0.384. The van der Waals surface area contributed by atoms with Crippen molar-refractivity contribution in [1.29, 1.82) is 0 Å². The molecule has 0 aliphatic carbocycles. The van der Waals surface area contributed by atoms with Gasteiger partial charge >= 0.3 is 0 Å². The first-order valence-electron chi connectivity index (χ1n) is 6.29. The fourth-order valence-electron chi connectivity index (χ4n) is 1.93. The third-order valence-electron chi connectivity index (χ3n) is 2.92. The number of aliphatic hydroxyl groups excluding tert-OH is 1. The first kappa shape index (κ1) is 16.9. The normalized spacial score (nSPS) is 11.8. The number of rotatable bonds is 7. The zero-order valence-corrected chi connectivity index (χ0v) is 12.2. The van der Waals surface area contributed by atoms with Gasteiger partial charge in [-0.2, -0.15) is 0 Å². The maximum Gasteiger partial charge on any atom is 0.292 e. The monoisotopic (exact) mass is 297 g/mol. The Morgan fingerprint density at radius 2 is 2.24 bits per heavy atom. The van der Waals surface area contributed by atoms with Gasteiger partial charge in [-0.25, -0.2) is 0 Å². The maximum atomic E-state index is 11.6. The van der Waals surface area contributed by atoms with Gasteiger partial charge in [-0.1, -0.05) is 0 Å². The van der Waals surface area contributed by atoms with Crippen molar-refractivity contribution in [3.05, 3.63) is 33.9 Å². The van der Waals surface area contributed by atoms with Crippen LogP contribution in [-0.2, 0) is 4.74 Å². The zero-order chi connectivity index (χ0) is 16.0. The lowest BCUT2D eigenvalue weighted by Gasteiger charge is -2.22. The minimum Gasteiger partial charge on any atom is -0.389 e. The summed E-state index contributed by atoms with van der Waals surface area (Å²) < 4.78 is 4.82. The van der Waals surface area contributed by atoms with E-state index in [0.717, 1.165) is 0 Å². The molecule has 0 radical (unpaired) electrons. The van der Waals surface area contributed by atoms with Crippen LogP contribution >= 0.6 is 0 Å². The molecule has 2 N–H and O–H groups in total. The molecule has 1 unspecified atom stereocenters. The molecule has 1 aromatic rings. The van der Waals surface area contributed by atoms with Crippen molar-refractivity contribution in [2.24, 2.45) is 0 Å². The van der Waals surface area contributed by atoms with E-state index in [0.29, 0.717) is 5.56 Å². The van der Waals surface area contributed by atoms with Crippen LogP contribution in [0.2, 0.25) is 0 Å². The van der Waals surface area contributed by atoms with Crippen LogP contribution in [0.15, 0.2) is 18.2 Å². The molecular weight excluding hydrogens is 278 g/mol. The summed E-state index contributed by atoms with van der Waals surface area (Å²) >= 11 is 0. The Morgan fingerprint density at radius 3 is 2.76 bits per heavy atom. The van der Waals surface area contributed by atoms with E-state index in [-0.39, 0.29) is 30.4 Å². The largest absolute Gasteiger partial charge is 0.389 e. The van der Waals surface area contributed by atoms with Crippen LogP contribution < -0.4 is 10.2 Å².